The number of nitrogens with two attached hydrogens (primary N) is 1. The number of carbonyl (C=O) groups is 3. The van der Waals surface area contributed by atoms with E-state index in [2.05, 4.69) is 10.6 Å². The van der Waals surface area contributed by atoms with Gasteiger partial charge in [0.2, 0.25) is 5.91 Å². The number of hydrogen-bond donors (Lipinski definition) is 4. The second-order valence-electron chi connectivity index (χ2n) is 4.65. The fourth-order valence-corrected chi connectivity index (χ4v) is 2.14. The average molecular weight is 289 g/mol. The summed E-state index contributed by atoms with van der Waals surface area (Å²) in [6, 6.07) is -1.48. The lowest BCUT2D eigenvalue weighted by Crippen LogP contribution is -2.50. The predicted molar refractivity (Wildman–Crippen MR) is 71.8 cm³/mol. The summed E-state index contributed by atoms with van der Waals surface area (Å²) in [7, 11) is 0. The van der Waals surface area contributed by atoms with E-state index in [0.29, 0.717) is 25.0 Å². The van der Waals surface area contributed by atoms with Crippen LogP contribution in [0.2, 0.25) is 0 Å². The fraction of sp³-hybridized carbons (Fsp3) is 0.727. The molecule has 0 aromatic rings. The molecule has 108 valence electrons. The highest BCUT2D eigenvalue weighted by Gasteiger charge is 2.50. The molecular weight excluding hydrogens is 270 g/mol. The van der Waals surface area contributed by atoms with Crippen LogP contribution < -0.4 is 16.4 Å². The van der Waals surface area contributed by atoms with Gasteiger partial charge in [0.15, 0.2) is 0 Å². The number of carbonyl (C=O) groups excluding carboxylic acids is 2. The second-order valence-corrected chi connectivity index (χ2v) is 5.63. The van der Waals surface area contributed by atoms with Gasteiger partial charge in [-0.25, -0.2) is 4.79 Å². The summed E-state index contributed by atoms with van der Waals surface area (Å²) in [4.78, 5) is 33.7. The Balaban J connectivity index is 2.47. The zero-order valence-electron chi connectivity index (χ0n) is 10.8. The number of aliphatic carboxylic acids is 1. The van der Waals surface area contributed by atoms with Crippen LogP contribution in [-0.2, 0) is 9.59 Å². The van der Waals surface area contributed by atoms with Crippen molar-refractivity contribution in [1.82, 2.24) is 10.6 Å². The molecule has 1 aliphatic rings. The van der Waals surface area contributed by atoms with E-state index < -0.39 is 23.5 Å². The van der Waals surface area contributed by atoms with Crippen LogP contribution in [0.4, 0.5) is 4.79 Å². The second kappa shape index (κ2) is 6.65. The summed E-state index contributed by atoms with van der Waals surface area (Å²) in [5, 5.41) is 13.9. The third-order valence-corrected chi connectivity index (χ3v) is 3.80. The first-order valence-corrected chi connectivity index (χ1v) is 7.37. The van der Waals surface area contributed by atoms with Crippen LogP contribution in [0.1, 0.15) is 19.3 Å². The standard InChI is InChI=1S/C11H19N3O4S/c1-19-5-2-7(14-10(12)18)8(15)13-6-11(3-4-11)9(16)17/h7H,2-6H2,1H3,(H,13,15)(H,16,17)(H3,12,14,18). The summed E-state index contributed by atoms with van der Waals surface area (Å²) >= 11 is 1.55. The van der Waals surface area contributed by atoms with Crippen LogP contribution in [0.5, 0.6) is 0 Å². The van der Waals surface area contributed by atoms with Gasteiger partial charge in [0.05, 0.1) is 5.41 Å². The Morgan fingerprint density at radius 1 is 1.42 bits per heavy atom. The lowest BCUT2D eigenvalue weighted by Gasteiger charge is -2.18. The minimum atomic E-state index is -0.892. The maximum Gasteiger partial charge on any atom is 0.312 e. The highest BCUT2D eigenvalue weighted by Crippen LogP contribution is 2.45. The first-order chi connectivity index (χ1) is 8.91. The zero-order chi connectivity index (χ0) is 14.5. The molecule has 0 saturated heterocycles. The summed E-state index contributed by atoms with van der Waals surface area (Å²) < 4.78 is 0. The van der Waals surface area contributed by atoms with E-state index in [4.69, 9.17) is 10.8 Å². The van der Waals surface area contributed by atoms with E-state index in [9.17, 15) is 14.4 Å². The van der Waals surface area contributed by atoms with E-state index in [-0.39, 0.29) is 12.5 Å². The van der Waals surface area contributed by atoms with Crippen molar-refractivity contribution in [2.75, 3.05) is 18.6 Å². The van der Waals surface area contributed by atoms with Crippen molar-refractivity contribution >= 4 is 29.7 Å². The van der Waals surface area contributed by atoms with Crippen molar-refractivity contribution < 1.29 is 19.5 Å². The molecule has 1 fully saturated rings. The molecular formula is C11H19N3O4S. The van der Waals surface area contributed by atoms with E-state index in [1.165, 1.54) is 0 Å². The molecule has 0 radical (unpaired) electrons. The Kier molecular flexibility index (Phi) is 5.46. The topological polar surface area (TPSA) is 122 Å². The van der Waals surface area contributed by atoms with Gasteiger partial charge in [-0.2, -0.15) is 11.8 Å². The molecule has 7 nitrogen and oxygen atoms in total. The molecule has 0 aliphatic heterocycles. The maximum absolute atomic E-state index is 11.9. The van der Waals surface area contributed by atoms with Gasteiger partial charge >= 0.3 is 12.0 Å². The normalized spacial score (nSPS) is 17.3. The monoisotopic (exact) mass is 289 g/mol. The van der Waals surface area contributed by atoms with Gasteiger partial charge in [0.25, 0.3) is 0 Å². The summed E-state index contributed by atoms with van der Waals surface area (Å²) in [6.45, 7) is 0.0946. The molecule has 1 unspecified atom stereocenters. The lowest BCUT2D eigenvalue weighted by molar-refractivity contribution is -0.143. The van der Waals surface area contributed by atoms with Gasteiger partial charge in [-0.15, -0.1) is 0 Å². The number of rotatable bonds is 8. The average Bonchev–Trinajstić information content (AvgIpc) is 3.12. The first-order valence-electron chi connectivity index (χ1n) is 5.97. The summed E-state index contributed by atoms with van der Waals surface area (Å²) in [5.74, 6) is -0.584. The molecule has 1 saturated carbocycles. The largest absolute Gasteiger partial charge is 0.481 e. The Labute approximate surface area is 115 Å². The van der Waals surface area contributed by atoms with Crippen LogP contribution in [0.15, 0.2) is 0 Å². The molecule has 0 aromatic carbocycles. The molecule has 8 heteroatoms. The fourth-order valence-electron chi connectivity index (χ4n) is 1.67. The Hall–Kier alpha value is -1.44. The van der Waals surface area contributed by atoms with E-state index >= 15 is 0 Å². The Morgan fingerprint density at radius 3 is 2.47 bits per heavy atom. The number of thioether (sulfide) groups is 1. The third kappa shape index (κ3) is 4.62. The van der Waals surface area contributed by atoms with E-state index in [0.717, 1.165) is 0 Å². The number of carboxylic acids is 1. The number of carboxylic acid groups (broad SMARTS) is 1. The third-order valence-electron chi connectivity index (χ3n) is 3.15. The Bertz CT molecular complexity index is 371. The quantitative estimate of drug-likeness (QED) is 0.491. The van der Waals surface area contributed by atoms with Crippen molar-refractivity contribution in [2.24, 2.45) is 11.1 Å². The first kappa shape index (κ1) is 15.6. The number of hydrogen-bond acceptors (Lipinski definition) is 4. The highest BCUT2D eigenvalue weighted by atomic mass is 32.2. The lowest BCUT2D eigenvalue weighted by atomic mass is 10.1. The van der Waals surface area contributed by atoms with Crippen LogP contribution in [0, 0.1) is 5.41 Å². The molecule has 3 amide bonds. The van der Waals surface area contributed by atoms with Gasteiger partial charge in [0, 0.05) is 6.54 Å². The SMILES string of the molecule is CSCCC(NC(N)=O)C(=O)NCC1(C(=O)O)CC1. The van der Waals surface area contributed by atoms with Crippen LogP contribution >= 0.6 is 11.8 Å². The summed E-state index contributed by atoms with van der Waals surface area (Å²) in [6.07, 6.45) is 3.49. The molecule has 19 heavy (non-hydrogen) atoms. The Morgan fingerprint density at radius 2 is 2.05 bits per heavy atom. The van der Waals surface area contributed by atoms with Gasteiger partial charge < -0.3 is 21.5 Å². The van der Waals surface area contributed by atoms with Crippen LogP contribution in [0.25, 0.3) is 0 Å². The van der Waals surface area contributed by atoms with Gasteiger partial charge in [-0.05, 0) is 31.3 Å². The van der Waals surface area contributed by atoms with Crippen LogP contribution in [0.3, 0.4) is 0 Å². The zero-order valence-corrected chi connectivity index (χ0v) is 11.6. The van der Waals surface area contributed by atoms with Crippen molar-refractivity contribution in [1.29, 1.82) is 0 Å². The molecule has 1 atom stereocenters. The minimum absolute atomic E-state index is 0.0946. The van der Waals surface area contributed by atoms with Crippen molar-refractivity contribution in [2.45, 2.75) is 25.3 Å². The number of primary amides is 1. The number of amides is 3. The molecule has 1 aliphatic carbocycles. The van der Waals surface area contributed by atoms with Crippen molar-refractivity contribution in [3.8, 4) is 0 Å². The highest BCUT2D eigenvalue weighted by molar-refractivity contribution is 7.98. The van der Waals surface area contributed by atoms with Crippen molar-refractivity contribution in [3.05, 3.63) is 0 Å². The van der Waals surface area contributed by atoms with Crippen LogP contribution in [-0.4, -0.2) is 47.6 Å². The minimum Gasteiger partial charge on any atom is -0.481 e. The maximum atomic E-state index is 11.9. The predicted octanol–water partition coefficient (Wildman–Crippen LogP) is -0.243. The van der Waals surface area contributed by atoms with Gasteiger partial charge in [-0.3, -0.25) is 9.59 Å². The molecule has 1 rings (SSSR count). The van der Waals surface area contributed by atoms with Gasteiger partial charge in [0.1, 0.15) is 6.04 Å². The van der Waals surface area contributed by atoms with Crippen molar-refractivity contribution in [3.63, 3.8) is 0 Å². The smallest absolute Gasteiger partial charge is 0.312 e. The molecule has 0 bridgehead atoms. The molecule has 5 N–H and O–H groups in total. The number of nitrogens with one attached hydrogen (secondary N) is 2. The number of urea groups is 1. The van der Waals surface area contributed by atoms with E-state index in [1.54, 1.807) is 11.8 Å². The molecule has 0 spiro atoms. The molecule has 0 heterocycles. The van der Waals surface area contributed by atoms with Gasteiger partial charge in [-0.1, -0.05) is 0 Å². The van der Waals surface area contributed by atoms with E-state index in [1.807, 2.05) is 6.26 Å². The summed E-state index contributed by atoms with van der Waals surface area (Å²) in [5.41, 5.74) is 4.20. The molecule has 0 aromatic heterocycles.